The lowest BCUT2D eigenvalue weighted by Crippen LogP contribution is -2.24. The van der Waals surface area contributed by atoms with Crippen LogP contribution in [0.25, 0.3) is 0 Å². The number of aromatic nitrogens is 2. The Kier molecular flexibility index (Phi) is 4.21. The van der Waals surface area contributed by atoms with Gasteiger partial charge in [-0.3, -0.25) is 9.48 Å². The van der Waals surface area contributed by atoms with Gasteiger partial charge in [0.2, 0.25) is 5.91 Å². The Hall–Kier alpha value is -2.15. The summed E-state index contributed by atoms with van der Waals surface area (Å²) in [4.78, 5) is 13.1. The van der Waals surface area contributed by atoms with Gasteiger partial charge in [-0.2, -0.15) is 5.10 Å². The molecular weight excluding hydrogens is 314 g/mol. The average molecular weight is 333 g/mol. The van der Waals surface area contributed by atoms with Gasteiger partial charge in [-0.05, 0) is 18.4 Å². The number of hydrogen-bond donors (Lipinski definition) is 1. The number of hydrogen-bond acceptors (Lipinski definition) is 5. The molecule has 6 nitrogen and oxygen atoms in total. The molecule has 0 saturated heterocycles. The predicted octanol–water partition coefficient (Wildman–Crippen LogP) is 2.63. The van der Waals surface area contributed by atoms with Gasteiger partial charge in [0.1, 0.15) is 17.3 Å². The van der Waals surface area contributed by atoms with Crippen LogP contribution in [-0.2, 0) is 11.8 Å². The second-order valence-electron chi connectivity index (χ2n) is 5.33. The lowest BCUT2D eigenvalue weighted by Gasteiger charge is -2.25. The molecule has 1 N–H and O–H groups in total. The summed E-state index contributed by atoms with van der Waals surface area (Å²) in [7, 11) is 5.10. The van der Waals surface area contributed by atoms with Crippen molar-refractivity contribution < 1.29 is 14.3 Å². The van der Waals surface area contributed by atoms with E-state index in [0.29, 0.717) is 6.42 Å². The molecule has 1 aromatic carbocycles. The Labute approximate surface area is 139 Å². The van der Waals surface area contributed by atoms with Crippen molar-refractivity contribution in [1.82, 2.24) is 9.78 Å². The van der Waals surface area contributed by atoms with E-state index >= 15 is 0 Å². The maximum atomic E-state index is 12.1. The van der Waals surface area contributed by atoms with Crippen molar-refractivity contribution in [3.05, 3.63) is 29.5 Å². The number of amides is 1. The maximum absolute atomic E-state index is 12.1. The summed E-state index contributed by atoms with van der Waals surface area (Å²) in [5, 5.41) is 7.15. The molecule has 1 atom stereocenters. The van der Waals surface area contributed by atoms with E-state index in [1.165, 1.54) is 0 Å². The fraction of sp³-hybridized carbons (Fsp3) is 0.375. The van der Waals surface area contributed by atoms with Crippen molar-refractivity contribution in [1.29, 1.82) is 0 Å². The number of ether oxygens (including phenoxy) is 2. The zero-order chi connectivity index (χ0) is 16.6. The van der Waals surface area contributed by atoms with Crippen molar-refractivity contribution >= 4 is 23.5 Å². The van der Waals surface area contributed by atoms with E-state index in [2.05, 4.69) is 10.4 Å². The van der Waals surface area contributed by atoms with Gasteiger partial charge in [0.05, 0.1) is 25.3 Å². The zero-order valence-electron chi connectivity index (χ0n) is 13.5. The van der Waals surface area contributed by atoms with E-state index in [1.807, 2.05) is 25.4 Å². The highest BCUT2D eigenvalue weighted by Gasteiger charge is 2.31. The molecule has 2 heterocycles. The van der Waals surface area contributed by atoms with E-state index in [0.717, 1.165) is 33.3 Å². The summed E-state index contributed by atoms with van der Waals surface area (Å²) >= 11 is 1.59. The highest BCUT2D eigenvalue weighted by Crippen LogP contribution is 2.44. The van der Waals surface area contributed by atoms with Crippen LogP contribution >= 0.6 is 11.8 Å². The summed E-state index contributed by atoms with van der Waals surface area (Å²) in [5.41, 5.74) is 1.93. The summed E-state index contributed by atoms with van der Waals surface area (Å²) in [6.45, 7) is 0. The van der Waals surface area contributed by atoms with Gasteiger partial charge in [0, 0.05) is 30.5 Å². The maximum Gasteiger partial charge on any atom is 0.226 e. The second-order valence-corrected chi connectivity index (χ2v) is 6.17. The van der Waals surface area contributed by atoms with Gasteiger partial charge in [0.25, 0.3) is 0 Å². The van der Waals surface area contributed by atoms with Gasteiger partial charge >= 0.3 is 0 Å². The molecule has 3 rings (SSSR count). The van der Waals surface area contributed by atoms with E-state index in [-0.39, 0.29) is 11.8 Å². The van der Waals surface area contributed by atoms with E-state index in [4.69, 9.17) is 9.47 Å². The smallest absolute Gasteiger partial charge is 0.226 e. The first-order valence-electron chi connectivity index (χ1n) is 7.20. The first-order valence-corrected chi connectivity index (χ1v) is 8.43. The van der Waals surface area contributed by atoms with Crippen LogP contribution in [0.4, 0.5) is 5.82 Å². The number of methoxy groups -OCH3 is 2. The molecule has 1 aliphatic heterocycles. The molecular formula is C16H19N3O3S. The van der Waals surface area contributed by atoms with Crippen molar-refractivity contribution in [3.8, 4) is 11.5 Å². The monoisotopic (exact) mass is 333 g/mol. The Bertz CT molecular complexity index is 757. The molecule has 1 aromatic heterocycles. The zero-order valence-corrected chi connectivity index (χ0v) is 14.4. The molecule has 0 saturated carbocycles. The summed E-state index contributed by atoms with van der Waals surface area (Å²) in [6.07, 6.45) is 4.15. The van der Waals surface area contributed by atoms with Crippen LogP contribution in [-0.4, -0.2) is 36.2 Å². The van der Waals surface area contributed by atoms with Gasteiger partial charge in [-0.1, -0.05) is 0 Å². The van der Waals surface area contributed by atoms with Crippen LogP contribution in [0.15, 0.2) is 23.2 Å². The fourth-order valence-corrected chi connectivity index (χ4v) is 3.51. The van der Waals surface area contributed by atoms with Crippen molar-refractivity contribution in [2.45, 2.75) is 17.2 Å². The van der Waals surface area contributed by atoms with Crippen molar-refractivity contribution in [2.24, 2.45) is 7.05 Å². The van der Waals surface area contributed by atoms with Crippen LogP contribution < -0.4 is 14.8 Å². The van der Waals surface area contributed by atoms with Crippen LogP contribution in [0, 0.1) is 0 Å². The largest absolute Gasteiger partial charge is 0.496 e. The van der Waals surface area contributed by atoms with Crippen LogP contribution in [0.2, 0.25) is 0 Å². The number of thioether (sulfide) groups is 1. The number of carbonyl (C=O) groups excluding carboxylic acids is 1. The molecule has 1 amide bonds. The van der Waals surface area contributed by atoms with Crippen LogP contribution in [0.3, 0.4) is 0 Å². The van der Waals surface area contributed by atoms with E-state index in [1.54, 1.807) is 36.9 Å². The fourth-order valence-electron chi connectivity index (χ4n) is 2.94. The Morgan fingerprint density at radius 3 is 2.65 bits per heavy atom. The number of anilines is 1. The number of aryl methyl sites for hydroxylation is 1. The number of nitrogens with zero attached hydrogens (tertiary/aromatic N) is 2. The summed E-state index contributed by atoms with van der Waals surface area (Å²) in [6, 6.07) is 3.92. The molecule has 0 bridgehead atoms. The van der Waals surface area contributed by atoms with Crippen molar-refractivity contribution in [3.63, 3.8) is 0 Å². The molecule has 0 unspecified atom stereocenters. The molecule has 0 aliphatic carbocycles. The lowest BCUT2D eigenvalue weighted by atomic mass is 9.86. The number of fused-ring (bicyclic) bond motifs is 1. The molecule has 0 spiro atoms. The second kappa shape index (κ2) is 6.16. The number of nitrogens with one attached hydrogen (secondary N) is 1. The first kappa shape index (κ1) is 15.7. The highest BCUT2D eigenvalue weighted by atomic mass is 32.2. The number of carbonyl (C=O) groups is 1. The Balaban J connectivity index is 2.16. The van der Waals surface area contributed by atoms with Gasteiger partial charge in [-0.25, -0.2) is 0 Å². The van der Waals surface area contributed by atoms with E-state index in [9.17, 15) is 4.79 Å². The standard InChI is InChI=1S/C16H19N3O3S/c1-19-16-11(8-17-19)9(6-15(20)18-16)10-5-13(22-3)14(23-4)7-12(10)21-2/h5,7-9H,6H2,1-4H3,(H,18,20)/t9-/m1/s1. The van der Waals surface area contributed by atoms with Gasteiger partial charge < -0.3 is 14.8 Å². The van der Waals surface area contributed by atoms with Crippen molar-refractivity contribution in [2.75, 3.05) is 25.8 Å². The van der Waals surface area contributed by atoms with Crippen LogP contribution in [0.1, 0.15) is 23.5 Å². The highest BCUT2D eigenvalue weighted by molar-refractivity contribution is 7.98. The third kappa shape index (κ3) is 2.65. The minimum Gasteiger partial charge on any atom is -0.496 e. The average Bonchev–Trinajstić information content (AvgIpc) is 2.94. The van der Waals surface area contributed by atoms with Gasteiger partial charge in [0.15, 0.2) is 0 Å². The first-order chi connectivity index (χ1) is 11.1. The number of rotatable bonds is 4. The molecule has 23 heavy (non-hydrogen) atoms. The Morgan fingerprint density at radius 1 is 1.26 bits per heavy atom. The predicted molar refractivity (Wildman–Crippen MR) is 89.6 cm³/mol. The number of benzene rings is 1. The topological polar surface area (TPSA) is 65.4 Å². The summed E-state index contributed by atoms with van der Waals surface area (Å²) < 4.78 is 12.7. The molecule has 1 aliphatic rings. The normalized spacial score (nSPS) is 16.7. The molecule has 122 valence electrons. The SMILES string of the molecule is COc1cc([C@H]2CC(=O)Nc3c2cnn3C)c(OC)cc1SC. The van der Waals surface area contributed by atoms with E-state index < -0.39 is 0 Å². The lowest BCUT2D eigenvalue weighted by molar-refractivity contribution is -0.116. The minimum atomic E-state index is -0.104. The Morgan fingerprint density at radius 2 is 2.00 bits per heavy atom. The molecule has 0 radical (unpaired) electrons. The third-order valence-electron chi connectivity index (χ3n) is 4.10. The quantitative estimate of drug-likeness (QED) is 0.872. The van der Waals surface area contributed by atoms with Crippen LogP contribution in [0.5, 0.6) is 11.5 Å². The summed E-state index contributed by atoms with van der Waals surface area (Å²) in [5.74, 6) is 2.14. The molecule has 7 heteroatoms. The molecule has 0 fully saturated rings. The van der Waals surface area contributed by atoms with Gasteiger partial charge in [-0.15, -0.1) is 11.8 Å². The third-order valence-corrected chi connectivity index (χ3v) is 4.86. The molecule has 2 aromatic rings. The minimum absolute atomic E-state index is 0.0268.